The number of amides is 3. The Bertz CT molecular complexity index is 1670. The van der Waals surface area contributed by atoms with Gasteiger partial charge >= 0.3 is 6.09 Å². The molecule has 3 aromatic carbocycles. The van der Waals surface area contributed by atoms with Gasteiger partial charge in [-0.1, -0.05) is 85.6 Å². The number of hydrogen-bond donors (Lipinski definition) is 0. The number of anilines is 1. The maximum atomic E-state index is 13.8. The predicted octanol–water partition coefficient (Wildman–Crippen LogP) is 6.69. The van der Waals surface area contributed by atoms with E-state index in [1.807, 2.05) is 66.7 Å². The number of likely N-dealkylation sites (tertiary alicyclic amines) is 1. The lowest BCUT2D eigenvalue weighted by molar-refractivity contribution is -0.944. The van der Waals surface area contributed by atoms with Crippen LogP contribution in [0.2, 0.25) is 0 Å². The molecule has 2 unspecified atom stereocenters. The molecule has 3 heterocycles. The standard InChI is InChI=1S/C39H46N5O4S/c45-37-32-17-7-8-18-33(32)38(46)43(37)21-11-12-24-44(25-22-41(23-26-44)36-34-19-9-10-20-35(34)49-40-36)29-48-39(47)42(27-30-13-3-1-4-14-30)28-31-15-5-2-6-16-31/h1-6,9-10,13-16,19-20,32-33H,7-8,11-12,17-18,21-29H2/q+1. The van der Waals surface area contributed by atoms with Gasteiger partial charge in [0.15, 0.2) is 5.82 Å². The number of nitrogens with zero attached hydrogens (tertiary/aromatic N) is 5. The third kappa shape index (κ3) is 7.50. The first-order chi connectivity index (χ1) is 24.0. The number of piperazine rings is 1. The van der Waals surface area contributed by atoms with Gasteiger partial charge in [-0.2, -0.15) is 4.37 Å². The van der Waals surface area contributed by atoms with Crippen molar-refractivity contribution in [2.24, 2.45) is 11.8 Å². The quantitative estimate of drug-likeness (QED) is 0.0943. The van der Waals surface area contributed by atoms with E-state index in [4.69, 9.17) is 9.11 Å². The number of aromatic nitrogens is 1. The summed E-state index contributed by atoms with van der Waals surface area (Å²) in [6.07, 6.45) is 5.01. The van der Waals surface area contributed by atoms with Crippen LogP contribution in [0.4, 0.5) is 10.6 Å². The molecule has 0 N–H and O–H groups in total. The third-order valence-electron chi connectivity index (χ3n) is 10.7. The number of ether oxygens (including phenoxy) is 1. The number of unbranched alkanes of at least 4 members (excludes halogenated alkanes) is 1. The summed E-state index contributed by atoms with van der Waals surface area (Å²) in [5.74, 6) is 0.883. The number of benzene rings is 3. The molecule has 1 saturated carbocycles. The molecule has 0 spiro atoms. The van der Waals surface area contributed by atoms with E-state index in [1.54, 1.807) is 9.80 Å². The van der Waals surface area contributed by atoms with Crippen molar-refractivity contribution in [1.29, 1.82) is 0 Å². The molecular weight excluding hydrogens is 635 g/mol. The second-order valence-electron chi connectivity index (χ2n) is 13.9. The number of imide groups is 1. The van der Waals surface area contributed by atoms with Crippen LogP contribution < -0.4 is 4.90 Å². The normalized spacial score (nSPS) is 20.4. The van der Waals surface area contributed by atoms with E-state index < -0.39 is 0 Å². The largest absolute Gasteiger partial charge is 0.414 e. The molecule has 2 saturated heterocycles. The summed E-state index contributed by atoms with van der Waals surface area (Å²) in [5, 5.41) is 1.18. The fourth-order valence-electron chi connectivity index (χ4n) is 7.86. The number of quaternary nitrogens is 1. The van der Waals surface area contributed by atoms with E-state index in [-0.39, 0.29) is 36.5 Å². The number of hydrogen-bond acceptors (Lipinski definition) is 7. The molecule has 1 aromatic heterocycles. The Morgan fingerprint density at radius 3 is 2.04 bits per heavy atom. The lowest BCUT2D eigenvalue weighted by Crippen LogP contribution is -2.61. The Labute approximate surface area is 292 Å². The van der Waals surface area contributed by atoms with Crippen LogP contribution in [0.3, 0.4) is 0 Å². The Morgan fingerprint density at radius 2 is 1.41 bits per heavy atom. The SMILES string of the molecule is O=C(OC[N+]1(CCCCN2C(=O)C3CCCCC3C2=O)CCN(c2nsc3ccccc23)CC1)N(Cc1ccccc1)Cc1ccccc1. The highest BCUT2D eigenvalue weighted by molar-refractivity contribution is 7.13. The lowest BCUT2D eigenvalue weighted by atomic mass is 9.81. The number of rotatable bonds is 12. The molecule has 49 heavy (non-hydrogen) atoms. The van der Waals surface area contributed by atoms with Crippen molar-refractivity contribution in [2.75, 3.05) is 50.9 Å². The van der Waals surface area contributed by atoms with Gasteiger partial charge < -0.3 is 9.64 Å². The van der Waals surface area contributed by atoms with E-state index in [0.717, 1.165) is 88.2 Å². The molecule has 3 aliphatic rings. The maximum Gasteiger partial charge on any atom is 0.414 e. The maximum absolute atomic E-state index is 13.8. The molecule has 10 heteroatoms. The van der Waals surface area contributed by atoms with Crippen LogP contribution >= 0.6 is 11.5 Å². The van der Waals surface area contributed by atoms with E-state index >= 15 is 0 Å². The molecule has 2 atom stereocenters. The van der Waals surface area contributed by atoms with Gasteiger partial charge in [-0.3, -0.25) is 23.9 Å². The fourth-order valence-corrected chi connectivity index (χ4v) is 8.66. The minimum Gasteiger partial charge on any atom is -0.399 e. The Balaban J connectivity index is 1.03. The highest BCUT2D eigenvalue weighted by atomic mass is 32.1. The zero-order valence-corrected chi connectivity index (χ0v) is 28.9. The van der Waals surface area contributed by atoms with Crippen molar-refractivity contribution in [2.45, 2.75) is 51.6 Å². The Morgan fingerprint density at radius 1 is 0.816 bits per heavy atom. The van der Waals surface area contributed by atoms with Gasteiger partial charge in [0, 0.05) is 25.0 Å². The number of carbonyl (C=O) groups excluding carboxylic acids is 3. The first-order valence-electron chi connectivity index (χ1n) is 17.8. The summed E-state index contributed by atoms with van der Waals surface area (Å²) in [7, 11) is 0. The fraction of sp³-hybridized carbons (Fsp3) is 0.436. The molecule has 2 aliphatic heterocycles. The molecule has 0 bridgehead atoms. The summed E-state index contributed by atoms with van der Waals surface area (Å²) in [6.45, 7) is 5.69. The van der Waals surface area contributed by atoms with Crippen molar-refractivity contribution in [3.63, 3.8) is 0 Å². The summed E-state index contributed by atoms with van der Waals surface area (Å²) in [4.78, 5) is 45.7. The van der Waals surface area contributed by atoms with Gasteiger partial charge in [0.25, 0.3) is 0 Å². The molecular formula is C39H46N5O4S+. The molecule has 3 amide bonds. The van der Waals surface area contributed by atoms with Crippen LogP contribution in [0.5, 0.6) is 0 Å². The van der Waals surface area contributed by atoms with Gasteiger partial charge in [0.1, 0.15) is 0 Å². The number of carbonyl (C=O) groups is 3. The smallest absolute Gasteiger partial charge is 0.399 e. The number of fused-ring (bicyclic) bond motifs is 2. The monoisotopic (exact) mass is 680 g/mol. The minimum absolute atomic E-state index is 0.0357. The van der Waals surface area contributed by atoms with E-state index in [0.29, 0.717) is 24.1 Å². The lowest BCUT2D eigenvalue weighted by Gasteiger charge is -2.44. The molecule has 4 aromatic rings. The zero-order chi connectivity index (χ0) is 33.6. The minimum atomic E-state index is -0.325. The van der Waals surface area contributed by atoms with Crippen molar-refractivity contribution >= 4 is 45.3 Å². The third-order valence-corrected chi connectivity index (χ3v) is 11.5. The Hall–Kier alpha value is -4.28. The average molecular weight is 681 g/mol. The van der Waals surface area contributed by atoms with Gasteiger partial charge in [-0.25, -0.2) is 4.79 Å². The van der Waals surface area contributed by atoms with Crippen molar-refractivity contribution < 1.29 is 23.6 Å². The van der Waals surface area contributed by atoms with Gasteiger partial charge in [-0.15, -0.1) is 0 Å². The van der Waals surface area contributed by atoms with E-state index in [9.17, 15) is 14.4 Å². The van der Waals surface area contributed by atoms with Crippen LogP contribution in [0.1, 0.15) is 49.7 Å². The molecule has 3 fully saturated rings. The van der Waals surface area contributed by atoms with Crippen LogP contribution in [-0.4, -0.2) is 82.6 Å². The van der Waals surface area contributed by atoms with Gasteiger partial charge in [0.2, 0.25) is 18.5 Å². The Kier molecular flexibility index (Phi) is 10.2. The van der Waals surface area contributed by atoms with E-state index in [1.165, 1.54) is 21.6 Å². The highest BCUT2D eigenvalue weighted by Crippen LogP contribution is 2.38. The summed E-state index contributed by atoms with van der Waals surface area (Å²) >= 11 is 1.53. The summed E-state index contributed by atoms with van der Waals surface area (Å²) in [6, 6.07) is 28.4. The first-order valence-corrected chi connectivity index (χ1v) is 18.6. The van der Waals surface area contributed by atoms with E-state index in [2.05, 4.69) is 23.1 Å². The topological polar surface area (TPSA) is 83.0 Å². The predicted molar refractivity (Wildman–Crippen MR) is 192 cm³/mol. The highest BCUT2D eigenvalue weighted by Gasteiger charge is 2.47. The zero-order valence-electron chi connectivity index (χ0n) is 28.1. The van der Waals surface area contributed by atoms with Crippen LogP contribution in [0.25, 0.3) is 10.1 Å². The molecule has 256 valence electrons. The average Bonchev–Trinajstić information content (AvgIpc) is 3.68. The second-order valence-corrected chi connectivity index (χ2v) is 14.7. The summed E-state index contributed by atoms with van der Waals surface area (Å²) in [5.41, 5.74) is 2.10. The molecule has 7 rings (SSSR count). The van der Waals surface area contributed by atoms with Crippen molar-refractivity contribution in [3.05, 3.63) is 96.1 Å². The molecule has 1 aliphatic carbocycles. The van der Waals surface area contributed by atoms with Gasteiger partial charge in [-0.05, 0) is 60.5 Å². The van der Waals surface area contributed by atoms with Crippen molar-refractivity contribution in [1.82, 2.24) is 14.2 Å². The second kappa shape index (κ2) is 15.1. The molecule has 9 nitrogen and oxygen atoms in total. The molecule has 0 radical (unpaired) electrons. The van der Waals surface area contributed by atoms with Crippen LogP contribution in [0, 0.1) is 11.8 Å². The van der Waals surface area contributed by atoms with Crippen LogP contribution in [-0.2, 0) is 27.4 Å². The van der Waals surface area contributed by atoms with Crippen molar-refractivity contribution in [3.8, 4) is 0 Å². The van der Waals surface area contributed by atoms with Gasteiger partial charge in [0.05, 0.1) is 49.3 Å². The first kappa shape index (κ1) is 33.2. The summed E-state index contributed by atoms with van der Waals surface area (Å²) < 4.78 is 12.9. The van der Waals surface area contributed by atoms with Crippen LogP contribution in [0.15, 0.2) is 84.9 Å².